The van der Waals surface area contributed by atoms with Crippen LogP contribution in [0.1, 0.15) is 30.6 Å². The maximum absolute atomic E-state index is 12.5. The van der Waals surface area contributed by atoms with Crippen molar-refractivity contribution in [2.75, 3.05) is 5.73 Å². The standard InChI is InChI=1S/C17H20N2O2/c18-14-4-1-3-13(11-14)6-9-17(20)19(15-7-8-15)12-16-5-2-10-21-16/h1-5,10-11,15H,6-9,12,18H2. The Kier molecular flexibility index (Phi) is 3.95. The van der Waals surface area contributed by atoms with Crippen LogP contribution in [0.15, 0.2) is 47.1 Å². The van der Waals surface area contributed by atoms with E-state index in [4.69, 9.17) is 10.2 Å². The molecule has 0 spiro atoms. The number of carbonyl (C=O) groups excluding carboxylic acids is 1. The van der Waals surface area contributed by atoms with Gasteiger partial charge >= 0.3 is 0 Å². The minimum absolute atomic E-state index is 0.191. The monoisotopic (exact) mass is 284 g/mol. The molecule has 1 aromatic heterocycles. The zero-order chi connectivity index (χ0) is 14.7. The summed E-state index contributed by atoms with van der Waals surface area (Å²) in [5, 5.41) is 0. The summed E-state index contributed by atoms with van der Waals surface area (Å²) in [5.41, 5.74) is 7.62. The molecule has 1 heterocycles. The van der Waals surface area contributed by atoms with Gasteiger partial charge < -0.3 is 15.1 Å². The molecule has 4 nitrogen and oxygen atoms in total. The second-order valence-electron chi connectivity index (χ2n) is 5.58. The Morgan fingerprint density at radius 3 is 2.81 bits per heavy atom. The molecule has 4 heteroatoms. The first-order valence-corrected chi connectivity index (χ1v) is 7.38. The van der Waals surface area contributed by atoms with Crippen LogP contribution in [0.2, 0.25) is 0 Å². The average Bonchev–Trinajstić information content (AvgIpc) is 3.19. The van der Waals surface area contributed by atoms with Crippen molar-refractivity contribution >= 4 is 11.6 Å². The number of furan rings is 1. The molecule has 0 saturated heterocycles. The summed E-state index contributed by atoms with van der Waals surface area (Å²) in [6.07, 6.45) is 5.10. The zero-order valence-electron chi connectivity index (χ0n) is 12.0. The molecule has 0 aliphatic heterocycles. The quantitative estimate of drug-likeness (QED) is 0.830. The summed E-state index contributed by atoms with van der Waals surface area (Å²) in [6.45, 7) is 0.577. The Labute approximate surface area is 124 Å². The maximum Gasteiger partial charge on any atom is 0.223 e. The summed E-state index contributed by atoms with van der Waals surface area (Å²) in [4.78, 5) is 14.4. The molecular formula is C17H20N2O2. The number of nitrogens with zero attached hydrogens (tertiary/aromatic N) is 1. The molecule has 2 N–H and O–H groups in total. The number of nitrogen functional groups attached to an aromatic ring is 1. The van der Waals surface area contributed by atoms with Crippen LogP contribution in [-0.4, -0.2) is 16.8 Å². The van der Waals surface area contributed by atoms with E-state index in [1.165, 1.54) is 0 Å². The van der Waals surface area contributed by atoms with Crippen molar-refractivity contribution in [3.05, 3.63) is 54.0 Å². The molecule has 0 bridgehead atoms. The Morgan fingerprint density at radius 1 is 1.29 bits per heavy atom. The average molecular weight is 284 g/mol. The van der Waals surface area contributed by atoms with Crippen molar-refractivity contribution in [3.63, 3.8) is 0 Å². The lowest BCUT2D eigenvalue weighted by molar-refractivity contribution is -0.132. The molecule has 3 rings (SSSR count). The lowest BCUT2D eigenvalue weighted by atomic mass is 10.1. The van der Waals surface area contributed by atoms with E-state index in [9.17, 15) is 4.79 Å². The van der Waals surface area contributed by atoms with Crippen molar-refractivity contribution in [1.82, 2.24) is 4.90 Å². The van der Waals surface area contributed by atoms with Crippen molar-refractivity contribution in [3.8, 4) is 0 Å². The molecule has 1 saturated carbocycles. The van der Waals surface area contributed by atoms with E-state index in [1.54, 1.807) is 6.26 Å². The number of aryl methyl sites for hydroxylation is 1. The third-order valence-electron chi connectivity index (χ3n) is 3.79. The minimum atomic E-state index is 0.191. The highest BCUT2D eigenvalue weighted by molar-refractivity contribution is 5.77. The zero-order valence-corrected chi connectivity index (χ0v) is 12.0. The Hall–Kier alpha value is -2.23. The van der Waals surface area contributed by atoms with E-state index >= 15 is 0 Å². The SMILES string of the molecule is Nc1cccc(CCC(=O)N(Cc2ccco2)C2CC2)c1. The Morgan fingerprint density at radius 2 is 2.14 bits per heavy atom. The lowest BCUT2D eigenvalue weighted by Gasteiger charge is -2.21. The van der Waals surface area contributed by atoms with Crippen molar-refractivity contribution in [2.45, 2.75) is 38.3 Å². The van der Waals surface area contributed by atoms with Gasteiger partial charge in [-0.3, -0.25) is 4.79 Å². The Bertz CT molecular complexity index is 603. The van der Waals surface area contributed by atoms with Gasteiger partial charge in [-0.15, -0.1) is 0 Å². The molecule has 21 heavy (non-hydrogen) atoms. The molecule has 0 atom stereocenters. The van der Waals surface area contributed by atoms with Crippen LogP contribution in [0, 0.1) is 0 Å². The Balaban J connectivity index is 1.59. The van der Waals surface area contributed by atoms with Crippen LogP contribution >= 0.6 is 0 Å². The number of amides is 1. The molecule has 1 amide bonds. The second-order valence-corrected chi connectivity index (χ2v) is 5.58. The molecule has 110 valence electrons. The third kappa shape index (κ3) is 3.66. The fourth-order valence-corrected chi connectivity index (χ4v) is 2.52. The second kappa shape index (κ2) is 6.04. The van der Waals surface area contributed by atoms with Gasteiger partial charge in [0.1, 0.15) is 5.76 Å². The van der Waals surface area contributed by atoms with Gasteiger partial charge in [-0.25, -0.2) is 0 Å². The fourth-order valence-electron chi connectivity index (χ4n) is 2.52. The molecule has 1 aliphatic rings. The molecule has 1 fully saturated rings. The van der Waals surface area contributed by atoms with Gasteiger partial charge in [0.25, 0.3) is 0 Å². The smallest absolute Gasteiger partial charge is 0.223 e. The summed E-state index contributed by atoms with van der Waals surface area (Å²) in [6, 6.07) is 11.9. The van der Waals surface area contributed by atoms with Gasteiger partial charge in [-0.1, -0.05) is 12.1 Å². The van der Waals surface area contributed by atoms with Gasteiger partial charge in [-0.05, 0) is 49.1 Å². The van der Waals surface area contributed by atoms with E-state index in [-0.39, 0.29) is 5.91 Å². The molecule has 1 aromatic carbocycles. The number of hydrogen-bond donors (Lipinski definition) is 1. The van der Waals surface area contributed by atoms with Crippen LogP contribution in [0.3, 0.4) is 0 Å². The summed E-state index contributed by atoms with van der Waals surface area (Å²) < 4.78 is 5.36. The van der Waals surface area contributed by atoms with E-state index in [1.807, 2.05) is 41.3 Å². The predicted molar refractivity (Wildman–Crippen MR) is 81.5 cm³/mol. The molecule has 0 radical (unpaired) electrons. The topological polar surface area (TPSA) is 59.5 Å². The van der Waals surface area contributed by atoms with Gasteiger partial charge in [0.2, 0.25) is 5.91 Å². The number of rotatable bonds is 6. The van der Waals surface area contributed by atoms with Gasteiger partial charge in [0.05, 0.1) is 12.8 Å². The number of nitrogens with two attached hydrogens (primary N) is 1. The number of anilines is 1. The van der Waals surface area contributed by atoms with Crippen LogP contribution in [-0.2, 0) is 17.8 Å². The normalized spacial score (nSPS) is 14.1. The first-order valence-electron chi connectivity index (χ1n) is 7.38. The molecule has 0 unspecified atom stereocenters. The predicted octanol–water partition coefficient (Wildman–Crippen LogP) is 2.99. The van der Waals surface area contributed by atoms with Gasteiger partial charge in [0, 0.05) is 18.2 Å². The number of hydrogen-bond acceptors (Lipinski definition) is 3. The van der Waals surface area contributed by atoms with E-state index < -0.39 is 0 Å². The fraction of sp³-hybridized carbons (Fsp3) is 0.353. The van der Waals surface area contributed by atoms with E-state index in [0.29, 0.717) is 19.0 Å². The van der Waals surface area contributed by atoms with Crippen LogP contribution in [0.25, 0.3) is 0 Å². The minimum Gasteiger partial charge on any atom is -0.467 e. The van der Waals surface area contributed by atoms with Gasteiger partial charge in [0.15, 0.2) is 0 Å². The van der Waals surface area contributed by atoms with Crippen LogP contribution < -0.4 is 5.73 Å². The van der Waals surface area contributed by atoms with Gasteiger partial charge in [-0.2, -0.15) is 0 Å². The largest absolute Gasteiger partial charge is 0.467 e. The summed E-state index contributed by atoms with van der Waals surface area (Å²) >= 11 is 0. The van der Waals surface area contributed by atoms with Crippen molar-refractivity contribution in [1.29, 1.82) is 0 Å². The van der Waals surface area contributed by atoms with Crippen molar-refractivity contribution < 1.29 is 9.21 Å². The molecule has 1 aliphatic carbocycles. The third-order valence-corrected chi connectivity index (χ3v) is 3.79. The maximum atomic E-state index is 12.5. The highest BCUT2D eigenvalue weighted by atomic mass is 16.3. The van der Waals surface area contributed by atoms with E-state index in [0.717, 1.165) is 36.3 Å². The van der Waals surface area contributed by atoms with Crippen LogP contribution in [0.5, 0.6) is 0 Å². The molecule has 2 aromatic rings. The summed E-state index contributed by atoms with van der Waals surface area (Å²) in [5.74, 6) is 1.04. The highest BCUT2D eigenvalue weighted by Gasteiger charge is 2.32. The van der Waals surface area contributed by atoms with Crippen LogP contribution in [0.4, 0.5) is 5.69 Å². The van der Waals surface area contributed by atoms with Crippen molar-refractivity contribution in [2.24, 2.45) is 0 Å². The highest BCUT2D eigenvalue weighted by Crippen LogP contribution is 2.29. The molecular weight excluding hydrogens is 264 g/mol. The lowest BCUT2D eigenvalue weighted by Crippen LogP contribution is -2.32. The first kappa shape index (κ1) is 13.7. The number of carbonyl (C=O) groups is 1. The first-order chi connectivity index (χ1) is 10.2. The summed E-state index contributed by atoms with van der Waals surface area (Å²) in [7, 11) is 0. The number of benzene rings is 1. The van der Waals surface area contributed by atoms with E-state index in [2.05, 4.69) is 0 Å².